The van der Waals surface area contributed by atoms with Gasteiger partial charge < -0.3 is 9.64 Å². The second kappa shape index (κ2) is 6.50. The van der Waals surface area contributed by atoms with Crippen LogP contribution in [0.5, 0.6) is 5.75 Å². The number of thioether (sulfide) groups is 1. The number of fused-ring (bicyclic) bond motifs is 1. The molecule has 0 fully saturated rings. The third-order valence-electron chi connectivity index (χ3n) is 3.23. The van der Waals surface area contributed by atoms with Crippen molar-refractivity contribution >= 4 is 29.4 Å². The van der Waals surface area contributed by atoms with Crippen LogP contribution < -0.4 is 14.8 Å². The Bertz CT molecular complexity index is 460. The van der Waals surface area contributed by atoms with Gasteiger partial charge in [-0.05, 0) is 51.3 Å². The molecule has 1 unspecified atom stereocenters. The van der Waals surface area contributed by atoms with E-state index in [4.69, 9.17) is 9.88 Å². The summed E-state index contributed by atoms with van der Waals surface area (Å²) in [5, 5.41) is 5.86. The highest BCUT2D eigenvalue weighted by Gasteiger charge is 2.37. The lowest BCUT2D eigenvalue weighted by molar-refractivity contribution is 0.309. The van der Waals surface area contributed by atoms with Crippen LogP contribution in [0.15, 0.2) is 23.1 Å². The first-order valence-electron chi connectivity index (χ1n) is 7.05. The standard InChI is InChI=1S/C15H24N2OS2/c1-5-6-9-18-11-7-8-13-12(10-11)17(15(2,3)4)14(19-13)20-16/h7-8,10,14H,5-6,9,16H2,1-4H3. The first-order chi connectivity index (χ1) is 9.47. The van der Waals surface area contributed by atoms with Crippen molar-refractivity contribution in [2.75, 3.05) is 11.5 Å². The van der Waals surface area contributed by atoms with Gasteiger partial charge in [-0.2, -0.15) is 0 Å². The minimum atomic E-state index is 0.0390. The molecule has 20 heavy (non-hydrogen) atoms. The van der Waals surface area contributed by atoms with E-state index in [9.17, 15) is 0 Å². The van der Waals surface area contributed by atoms with Crippen molar-refractivity contribution in [1.82, 2.24) is 0 Å². The van der Waals surface area contributed by atoms with Crippen LogP contribution in [-0.4, -0.2) is 16.9 Å². The average Bonchev–Trinajstić information content (AvgIpc) is 2.76. The lowest BCUT2D eigenvalue weighted by Gasteiger charge is -2.37. The van der Waals surface area contributed by atoms with Gasteiger partial charge in [0.25, 0.3) is 0 Å². The number of anilines is 1. The van der Waals surface area contributed by atoms with Crippen molar-refractivity contribution in [3.8, 4) is 5.75 Å². The second-order valence-electron chi connectivity index (χ2n) is 5.93. The summed E-state index contributed by atoms with van der Waals surface area (Å²) < 4.78 is 6.06. The van der Waals surface area contributed by atoms with Gasteiger partial charge in [-0.15, -0.1) is 0 Å². The minimum Gasteiger partial charge on any atom is -0.494 e. The molecule has 0 radical (unpaired) electrons. The molecule has 2 N–H and O–H groups in total. The molecule has 0 aromatic heterocycles. The molecule has 1 aliphatic rings. The quantitative estimate of drug-likeness (QED) is 0.641. The molecule has 0 spiro atoms. The molecule has 1 aliphatic heterocycles. The molecule has 112 valence electrons. The molecular weight excluding hydrogens is 288 g/mol. The topological polar surface area (TPSA) is 38.5 Å². The predicted molar refractivity (Wildman–Crippen MR) is 90.5 cm³/mol. The lowest BCUT2D eigenvalue weighted by atomic mass is 10.1. The van der Waals surface area contributed by atoms with Crippen LogP contribution in [0, 0.1) is 0 Å². The van der Waals surface area contributed by atoms with Gasteiger partial charge in [-0.25, -0.2) is 0 Å². The van der Waals surface area contributed by atoms with Gasteiger partial charge in [0.15, 0.2) is 0 Å². The number of ether oxygens (including phenoxy) is 1. The minimum absolute atomic E-state index is 0.0390. The van der Waals surface area contributed by atoms with Gasteiger partial charge in [0.1, 0.15) is 10.5 Å². The van der Waals surface area contributed by atoms with E-state index in [2.05, 4.69) is 50.8 Å². The molecule has 0 amide bonds. The van der Waals surface area contributed by atoms with Gasteiger partial charge >= 0.3 is 0 Å². The second-order valence-corrected chi connectivity index (χ2v) is 8.07. The van der Waals surface area contributed by atoms with Gasteiger partial charge in [0.2, 0.25) is 0 Å². The fourth-order valence-corrected chi connectivity index (χ4v) is 4.51. The molecule has 0 aliphatic carbocycles. The van der Waals surface area contributed by atoms with E-state index in [1.807, 2.05) is 11.8 Å². The first-order valence-corrected chi connectivity index (χ1v) is 8.88. The van der Waals surface area contributed by atoms with E-state index in [0.717, 1.165) is 25.2 Å². The van der Waals surface area contributed by atoms with Gasteiger partial charge in [0, 0.05) is 16.5 Å². The zero-order valence-corrected chi connectivity index (χ0v) is 14.3. The number of nitrogens with zero attached hydrogens (tertiary/aromatic N) is 1. The summed E-state index contributed by atoms with van der Waals surface area (Å²) in [7, 11) is 0. The van der Waals surface area contributed by atoms with Crippen LogP contribution in [0.1, 0.15) is 40.5 Å². The molecule has 2 rings (SSSR count). The monoisotopic (exact) mass is 312 g/mol. The Morgan fingerprint density at radius 2 is 2.15 bits per heavy atom. The van der Waals surface area contributed by atoms with E-state index in [-0.39, 0.29) is 10.2 Å². The van der Waals surface area contributed by atoms with Gasteiger partial charge in [0.05, 0.1) is 12.3 Å². The zero-order valence-electron chi connectivity index (χ0n) is 12.7. The molecular formula is C15H24N2OS2. The molecule has 3 nitrogen and oxygen atoms in total. The van der Waals surface area contributed by atoms with E-state index in [1.165, 1.54) is 22.5 Å². The molecule has 1 aromatic carbocycles. The molecule has 1 heterocycles. The summed E-state index contributed by atoms with van der Waals surface area (Å²) >= 11 is 3.22. The summed E-state index contributed by atoms with van der Waals surface area (Å²) in [6, 6.07) is 6.36. The predicted octanol–water partition coefficient (Wildman–Crippen LogP) is 4.47. The first kappa shape index (κ1) is 15.9. The number of rotatable bonds is 5. The summed E-state index contributed by atoms with van der Waals surface area (Å²) in [5.74, 6) is 0.953. The molecule has 1 aromatic rings. The number of unbranched alkanes of at least 4 members (excludes halogenated alkanes) is 1. The fraction of sp³-hybridized carbons (Fsp3) is 0.600. The highest BCUT2D eigenvalue weighted by atomic mass is 32.2. The van der Waals surface area contributed by atoms with Gasteiger partial charge in [-0.1, -0.05) is 25.1 Å². The third kappa shape index (κ3) is 3.38. The van der Waals surface area contributed by atoms with Crippen LogP contribution in [-0.2, 0) is 0 Å². The maximum Gasteiger partial charge on any atom is 0.141 e. The van der Waals surface area contributed by atoms with Crippen molar-refractivity contribution in [1.29, 1.82) is 0 Å². The average molecular weight is 313 g/mol. The highest BCUT2D eigenvalue weighted by Crippen LogP contribution is 2.50. The summed E-state index contributed by atoms with van der Waals surface area (Å²) in [6.07, 6.45) is 2.25. The summed E-state index contributed by atoms with van der Waals surface area (Å²) in [5.41, 5.74) is 1.27. The number of hydrogen-bond donors (Lipinski definition) is 1. The van der Waals surface area contributed by atoms with Crippen LogP contribution in [0.2, 0.25) is 0 Å². The number of hydrogen-bond acceptors (Lipinski definition) is 5. The Hall–Kier alpha value is -0.520. The summed E-state index contributed by atoms with van der Waals surface area (Å²) in [4.78, 5) is 3.66. The van der Waals surface area contributed by atoms with E-state index >= 15 is 0 Å². The number of benzene rings is 1. The Morgan fingerprint density at radius 1 is 1.40 bits per heavy atom. The van der Waals surface area contributed by atoms with E-state index in [0.29, 0.717) is 0 Å². The van der Waals surface area contributed by atoms with Gasteiger partial charge in [-0.3, -0.25) is 5.14 Å². The zero-order chi connectivity index (χ0) is 14.8. The summed E-state index contributed by atoms with van der Waals surface area (Å²) in [6.45, 7) is 9.61. The molecule has 0 saturated carbocycles. The normalized spacial score (nSPS) is 18.2. The Morgan fingerprint density at radius 3 is 2.75 bits per heavy atom. The van der Waals surface area contributed by atoms with Crippen LogP contribution in [0.25, 0.3) is 0 Å². The highest BCUT2D eigenvalue weighted by molar-refractivity contribution is 8.16. The lowest BCUT2D eigenvalue weighted by Crippen LogP contribution is -2.44. The fourth-order valence-electron chi connectivity index (χ4n) is 2.25. The molecule has 1 atom stereocenters. The molecule has 0 bridgehead atoms. The van der Waals surface area contributed by atoms with E-state index in [1.54, 1.807) is 0 Å². The van der Waals surface area contributed by atoms with Crippen molar-refractivity contribution in [3.05, 3.63) is 18.2 Å². The van der Waals surface area contributed by atoms with Crippen molar-refractivity contribution in [3.63, 3.8) is 0 Å². The molecule has 5 heteroatoms. The Balaban J connectivity index is 2.24. The smallest absolute Gasteiger partial charge is 0.141 e. The van der Waals surface area contributed by atoms with Crippen LogP contribution in [0.3, 0.4) is 0 Å². The van der Waals surface area contributed by atoms with Crippen LogP contribution in [0.4, 0.5) is 5.69 Å². The third-order valence-corrected chi connectivity index (χ3v) is 5.31. The molecule has 0 saturated heterocycles. The number of nitrogens with two attached hydrogens (primary N) is 1. The Labute approximate surface area is 130 Å². The maximum atomic E-state index is 5.86. The van der Waals surface area contributed by atoms with Crippen molar-refractivity contribution in [2.45, 2.75) is 55.7 Å². The maximum absolute atomic E-state index is 5.86. The largest absolute Gasteiger partial charge is 0.494 e. The van der Waals surface area contributed by atoms with E-state index < -0.39 is 0 Å². The van der Waals surface area contributed by atoms with Crippen molar-refractivity contribution < 1.29 is 4.74 Å². The SMILES string of the molecule is CCCCOc1ccc2c(c1)N(C(C)(C)C)C(SN)S2. The van der Waals surface area contributed by atoms with Crippen LogP contribution >= 0.6 is 23.7 Å². The Kier molecular flexibility index (Phi) is 5.15. The van der Waals surface area contributed by atoms with Crippen molar-refractivity contribution in [2.24, 2.45) is 5.14 Å².